The lowest BCUT2D eigenvalue weighted by atomic mass is 9.90. The number of nitrogens with one attached hydrogen (secondary N) is 3. The smallest absolute Gasteiger partial charge is 0.325 e. The van der Waals surface area contributed by atoms with Gasteiger partial charge in [-0.2, -0.15) is 0 Å². The molecule has 0 radical (unpaired) electrons. The van der Waals surface area contributed by atoms with E-state index in [9.17, 15) is 53.7 Å². The fraction of sp³-hybridized carbons (Fsp3) is 0.393. The van der Waals surface area contributed by atoms with Crippen molar-refractivity contribution in [2.75, 3.05) is 45.2 Å². The topological polar surface area (TPSA) is 365 Å². The minimum atomic E-state index is -1.02. The maximum absolute atomic E-state index is 14.4. The number of benzene rings is 1. The largest absolute Gasteiger partial charge is 0.481 e. The zero-order valence-corrected chi connectivity index (χ0v) is 55.8. The third-order valence-corrected chi connectivity index (χ3v) is 20.8. The van der Waals surface area contributed by atoms with E-state index in [-0.39, 0.29) is 105 Å². The number of hydrogen-bond acceptors (Lipinski definition) is 24. The fourth-order valence-corrected chi connectivity index (χ4v) is 15.6. The van der Waals surface area contributed by atoms with Crippen LogP contribution < -0.4 is 26.6 Å². The van der Waals surface area contributed by atoms with Gasteiger partial charge in [0.25, 0.3) is 11.8 Å². The highest BCUT2D eigenvalue weighted by atomic mass is 32.1. The Hall–Kier alpha value is -8.01. The number of pyridine rings is 1. The van der Waals surface area contributed by atoms with Crippen LogP contribution in [0.15, 0.2) is 64.0 Å². The summed E-state index contributed by atoms with van der Waals surface area (Å²) >= 11 is 7.38. The number of carbonyl (C=O) groups is 8. The number of unbranched alkanes of at least 4 members (excludes halogenated alkanes) is 1. The molecule has 0 saturated carbocycles. The van der Waals surface area contributed by atoms with Gasteiger partial charge in [0.05, 0.1) is 53.2 Å². The van der Waals surface area contributed by atoms with Gasteiger partial charge in [-0.05, 0) is 63.1 Å². The number of rotatable bonds is 29. The molecule has 8 aromatic rings. The highest BCUT2D eigenvalue weighted by molar-refractivity contribution is 7.15. The zero-order valence-electron chi connectivity index (χ0n) is 50.9. The molecule has 484 valence electrons. The number of anilines is 1. The number of ketones is 2. The Kier molecular flexibility index (Phi) is 23.1. The number of thiazole rings is 6. The van der Waals surface area contributed by atoms with Crippen molar-refractivity contribution in [3.8, 4) is 43.4 Å². The van der Waals surface area contributed by atoms with Gasteiger partial charge in [0, 0.05) is 84.5 Å². The highest BCUT2D eigenvalue weighted by Gasteiger charge is 2.34. The number of carboxylic acids is 2. The number of amides is 5. The van der Waals surface area contributed by atoms with Crippen molar-refractivity contribution < 1.29 is 58.4 Å². The molecular weight excluding hydrogens is 1300 g/mol. The number of ether oxygens (including phenoxy) is 1. The second-order valence-electron chi connectivity index (χ2n) is 22.0. The van der Waals surface area contributed by atoms with E-state index in [1.54, 1.807) is 57.6 Å². The molecule has 1 aromatic carbocycles. The maximum atomic E-state index is 14.4. The first-order valence-corrected chi connectivity index (χ1v) is 34.4. The van der Waals surface area contributed by atoms with Crippen LogP contribution in [0.3, 0.4) is 0 Å². The van der Waals surface area contributed by atoms with Gasteiger partial charge in [0.15, 0.2) is 5.78 Å². The van der Waals surface area contributed by atoms with Crippen molar-refractivity contribution in [3.05, 3.63) is 111 Å². The number of aliphatic carboxylic acids is 2. The number of nitrogens with zero attached hydrogens (tertiary/aromatic N) is 9. The molecule has 1 saturated heterocycles. The summed E-state index contributed by atoms with van der Waals surface area (Å²) in [6.45, 7) is 7.50. The average molecular weight is 1370 g/mol. The van der Waals surface area contributed by atoms with Gasteiger partial charge < -0.3 is 46.6 Å². The Bertz CT molecular complexity index is 3980. The molecule has 0 unspecified atom stereocenters. The van der Waals surface area contributed by atoms with Crippen molar-refractivity contribution in [3.63, 3.8) is 0 Å². The summed E-state index contributed by atoms with van der Waals surface area (Å²) in [5.74, 6) is -4.80. The first-order chi connectivity index (χ1) is 44.1. The summed E-state index contributed by atoms with van der Waals surface area (Å²) in [4.78, 5) is 142. The van der Waals surface area contributed by atoms with Gasteiger partial charge in [0.1, 0.15) is 76.9 Å². The van der Waals surface area contributed by atoms with E-state index in [0.717, 1.165) is 22.7 Å². The molecule has 9 rings (SSSR count). The Morgan fingerprint density at radius 3 is 2.16 bits per heavy atom. The quantitative estimate of drug-likeness (QED) is 0.0169. The van der Waals surface area contributed by atoms with Crippen LogP contribution in [0.5, 0.6) is 0 Å². The van der Waals surface area contributed by atoms with Gasteiger partial charge in [-0.1, -0.05) is 44.2 Å². The standard InChI is InChI=1S/C61H67N13O12S6/c1-30(2)36(55-72-50(43(92-55)25-86-6)53(82)64-24-31(3)75)22-42(76)48-32(4)91-58(71-48)38(23-45(77)63-5)66-52(81)40-27-87-54(68-40)35-15-16-37(56-70-44(29-90-56)74(19-11-10-14-46(78)79)61(85)73-20-17-34(18-21-73)60(83)84)65-49(35)39-26-88-57(67-39)41-28-89-59(69-41)47(62)51(80)33-12-8-7-9-13-33/h7-9,12-13,15-16,26-30,34,36,38,47,51,80H,10-11,14,17-25,62H2,1-6H3,(H,63,77)(H,64,82)(H,66,81)(H,78,79)(H,83,84)/t36-,38-,47-,51-/m0/s1. The number of nitrogens with two attached hydrogens (primary N) is 1. The molecule has 8 N–H and O–H groups in total. The molecule has 1 aliphatic heterocycles. The summed E-state index contributed by atoms with van der Waals surface area (Å²) in [5, 5.41) is 47.8. The lowest BCUT2D eigenvalue weighted by Crippen LogP contribution is -2.48. The predicted molar refractivity (Wildman–Crippen MR) is 351 cm³/mol. The molecule has 0 spiro atoms. The van der Waals surface area contributed by atoms with E-state index in [4.69, 9.17) is 40.4 Å². The van der Waals surface area contributed by atoms with Crippen molar-refractivity contribution >= 4 is 121 Å². The van der Waals surface area contributed by atoms with Gasteiger partial charge in [-0.15, -0.1) is 68.0 Å². The summed E-state index contributed by atoms with van der Waals surface area (Å²) in [5.41, 5.74) is 9.65. The molecule has 25 nitrogen and oxygen atoms in total. The number of urea groups is 1. The number of aromatic nitrogens is 7. The van der Waals surface area contributed by atoms with Gasteiger partial charge in [-0.3, -0.25) is 38.5 Å². The van der Waals surface area contributed by atoms with Gasteiger partial charge in [0.2, 0.25) is 5.91 Å². The Balaban J connectivity index is 1.00. The highest BCUT2D eigenvalue weighted by Crippen LogP contribution is 2.41. The van der Waals surface area contributed by atoms with E-state index >= 15 is 0 Å². The van der Waals surface area contributed by atoms with Crippen LogP contribution in [0.2, 0.25) is 0 Å². The predicted octanol–water partition coefficient (Wildman–Crippen LogP) is 9.59. The third kappa shape index (κ3) is 16.6. The summed E-state index contributed by atoms with van der Waals surface area (Å²) in [6.07, 6.45) is -0.125. The number of piperidine rings is 1. The summed E-state index contributed by atoms with van der Waals surface area (Å²) in [7, 11) is 2.96. The van der Waals surface area contributed by atoms with Gasteiger partial charge >= 0.3 is 18.0 Å². The van der Waals surface area contributed by atoms with Crippen LogP contribution in [0, 0.1) is 18.8 Å². The summed E-state index contributed by atoms with van der Waals surface area (Å²) in [6, 6.07) is 10.4. The zero-order chi connectivity index (χ0) is 65.9. The van der Waals surface area contributed by atoms with Crippen LogP contribution in [-0.4, -0.2) is 143 Å². The SMILES string of the molecule is CNC(=O)C[C@H](NC(=O)c1csc(-c2ccc(-c3nc(N(CCCCC(=O)O)C(=O)N4CCC(C(=O)O)CC4)cs3)nc2-c2csc(-c3csc([C@@H](N)[C@@H](O)c4ccccc4)n3)n2)n1)c1nc(C(=O)C[C@H](c2nc(C(=O)NCC(C)=O)c(COC)s2)C(C)C)c(C)s1. The number of aryl methyl sites for hydroxylation is 1. The van der Waals surface area contributed by atoms with Crippen LogP contribution in [-0.2, 0) is 30.5 Å². The van der Waals surface area contributed by atoms with E-state index in [2.05, 4.69) is 20.9 Å². The number of aliphatic hydroxyl groups is 1. The lowest BCUT2D eigenvalue weighted by Gasteiger charge is -2.34. The molecule has 0 aliphatic carbocycles. The van der Waals surface area contributed by atoms with E-state index < -0.39 is 59.7 Å². The fourth-order valence-electron chi connectivity index (χ4n) is 10.0. The minimum absolute atomic E-state index is 0.00443. The Morgan fingerprint density at radius 2 is 1.47 bits per heavy atom. The number of likely N-dealkylation sites (tertiary alicyclic amines) is 1. The van der Waals surface area contributed by atoms with Crippen LogP contribution in [0.1, 0.15) is 152 Å². The molecule has 5 amide bonds. The number of carbonyl (C=O) groups excluding carboxylic acids is 6. The molecule has 8 heterocycles. The van der Waals surface area contributed by atoms with E-state index in [1.165, 1.54) is 71.3 Å². The minimum Gasteiger partial charge on any atom is -0.481 e. The molecule has 7 aromatic heterocycles. The van der Waals surface area contributed by atoms with Crippen molar-refractivity contribution in [2.24, 2.45) is 17.6 Å². The van der Waals surface area contributed by atoms with Gasteiger partial charge in [-0.25, -0.2) is 39.7 Å². The maximum Gasteiger partial charge on any atom is 0.325 e. The second kappa shape index (κ2) is 31.1. The average Bonchev–Trinajstić information content (AvgIpc) is 1.61. The molecule has 1 aliphatic rings. The van der Waals surface area contributed by atoms with Crippen molar-refractivity contribution in [2.45, 2.75) is 103 Å². The number of aliphatic hydroxyl groups excluding tert-OH is 1. The molecule has 4 atom stereocenters. The third-order valence-electron chi connectivity index (χ3n) is 15.1. The number of hydrogen-bond donors (Lipinski definition) is 7. The second-order valence-corrected chi connectivity index (χ2v) is 27.8. The number of Topliss-reactive ketones (excluding diaryl/α,β-unsaturated/α-hetero) is 2. The van der Waals surface area contributed by atoms with Crippen molar-refractivity contribution in [1.29, 1.82) is 0 Å². The van der Waals surface area contributed by atoms with Crippen LogP contribution in [0.4, 0.5) is 10.6 Å². The normalized spacial score (nSPS) is 13.9. The van der Waals surface area contributed by atoms with E-state index in [0.29, 0.717) is 92.4 Å². The molecule has 31 heteroatoms. The Morgan fingerprint density at radius 1 is 0.761 bits per heavy atom. The monoisotopic (exact) mass is 1370 g/mol. The lowest BCUT2D eigenvalue weighted by molar-refractivity contribution is -0.143. The first kappa shape index (κ1) is 68.4. The molecule has 0 bridgehead atoms. The number of methoxy groups -OCH3 is 1. The van der Waals surface area contributed by atoms with Crippen LogP contribution >= 0.6 is 68.0 Å². The molecule has 1 fully saturated rings. The Labute approximate surface area is 552 Å². The van der Waals surface area contributed by atoms with Crippen LogP contribution in [0.25, 0.3) is 43.4 Å². The number of carboxylic acid groups (broad SMARTS) is 2. The summed E-state index contributed by atoms with van der Waals surface area (Å²) < 4.78 is 5.36. The molecule has 92 heavy (non-hydrogen) atoms. The van der Waals surface area contributed by atoms with E-state index in [1.807, 2.05) is 32.0 Å². The molecular formula is C61H67N13O12S6. The first-order valence-electron chi connectivity index (χ1n) is 29.2. The van der Waals surface area contributed by atoms with Crippen molar-refractivity contribution in [1.82, 2.24) is 55.7 Å².